The fourth-order valence-corrected chi connectivity index (χ4v) is 6.69. The number of nitrogens with zero attached hydrogens (tertiary/aromatic N) is 3. The molecule has 3 heterocycles. The summed E-state index contributed by atoms with van der Waals surface area (Å²) in [5, 5.41) is 9.72. The van der Waals surface area contributed by atoms with Crippen LogP contribution in [0.25, 0.3) is 11.3 Å². The van der Waals surface area contributed by atoms with E-state index in [9.17, 15) is 14.7 Å². The molecule has 6 rings (SSSR count). The number of aromatic nitrogens is 1. The predicted octanol–water partition coefficient (Wildman–Crippen LogP) is 6.46. The molecule has 1 N–H and O–H groups in total. The number of carboxylic acid groups (broad SMARTS) is 1. The highest BCUT2D eigenvalue weighted by molar-refractivity contribution is 5.81. The van der Waals surface area contributed by atoms with Gasteiger partial charge in [-0.25, -0.2) is 9.78 Å². The smallest absolute Gasteiger partial charge is 0.410 e. The van der Waals surface area contributed by atoms with E-state index in [2.05, 4.69) is 37.8 Å². The Morgan fingerprint density at radius 3 is 2.60 bits per heavy atom. The van der Waals surface area contributed by atoms with E-state index in [-0.39, 0.29) is 12.0 Å². The summed E-state index contributed by atoms with van der Waals surface area (Å²) in [5.74, 6) is 1.07. The number of ether oxygens (including phenoxy) is 2. The molecule has 8 nitrogen and oxygen atoms in total. The van der Waals surface area contributed by atoms with Crippen LogP contribution in [-0.2, 0) is 29.1 Å². The molecular weight excluding hydrogens is 542 g/mol. The molecule has 1 unspecified atom stereocenters. The van der Waals surface area contributed by atoms with Gasteiger partial charge in [0.25, 0.3) is 0 Å². The molecule has 0 bridgehead atoms. The summed E-state index contributed by atoms with van der Waals surface area (Å²) in [4.78, 5) is 33.4. The number of benzene rings is 2. The summed E-state index contributed by atoms with van der Waals surface area (Å²) in [5.41, 5.74) is 7.68. The predicted molar refractivity (Wildman–Crippen MR) is 165 cm³/mol. The fourth-order valence-electron chi connectivity index (χ4n) is 6.69. The molecule has 2 aromatic carbocycles. The number of fused-ring (bicyclic) bond motifs is 2. The number of hydrogen-bond donors (Lipinski definition) is 1. The number of pyridine rings is 1. The molecule has 1 aromatic heterocycles. The lowest BCUT2D eigenvalue weighted by Crippen LogP contribution is -2.40. The lowest BCUT2D eigenvalue weighted by Gasteiger charge is -2.33. The summed E-state index contributed by atoms with van der Waals surface area (Å²) in [6.07, 6.45) is 1.27. The second-order valence-electron chi connectivity index (χ2n) is 13.5. The van der Waals surface area contributed by atoms with Crippen LogP contribution >= 0.6 is 0 Å². The molecule has 0 spiro atoms. The number of piperidine rings is 1. The molecule has 3 aliphatic rings. The normalized spacial score (nSPS) is 20.8. The highest BCUT2D eigenvalue weighted by Crippen LogP contribution is 2.58. The molecule has 1 aliphatic carbocycles. The Morgan fingerprint density at radius 1 is 1.09 bits per heavy atom. The third-order valence-electron chi connectivity index (χ3n) is 9.22. The Morgan fingerprint density at radius 2 is 1.88 bits per heavy atom. The zero-order valence-electron chi connectivity index (χ0n) is 26.0. The number of aliphatic carboxylic acids is 1. The molecule has 8 heteroatoms. The minimum Gasteiger partial charge on any atom is -0.488 e. The highest BCUT2D eigenvalue weighted by Gasteiger charge is 2.65. The molecule has 1 amide bonds. The van der Waals surface area contributed by atoms with E-state index in [1.807, 2.05) is 51.1 Å². The van der Waals surface area contributed by atoms with Crippen LogP contribution in [0.1, 0.15) is 60.6 Å². The molecule has 1 saturated heterocycles. The van der Waals surface area contributed by atoms with E-state index in [0.29, 0.717) is 26.2 Å². The van der Waals surface area contributed by atoms with Crippen LogP contribution in [0.4, 0.5) is 10.6 Å². The maximum atomic E-state index is 12.7. The maximum Gasteiger partial charge on any atom is 0.410 e. The monoisotopic (exact) mass is 583 g/mol. The van der Waals surface area contributed by atoms with Crippen LogP contribution in [0.2, 0.25) is 0 Å². The van der Waals surface area contributed by atoms with Gasteiger partial charge in [0.15, 0.2) is 0 Å². The standard InChI is InChI=1S/C35H41N3O5/c1-21-10-11-30(27(14-21)29-8-7-9-31(36-29)38-17-25-16-35(25,20-38)32(39)40)42-19-24-15-22(2)28-18-37(13-12-26(28)23(24)3)33(41)43-34(4,5)6/h7-11,14-15,25H,12-13,16-20H2,1-6H3,(H,39,40)/t25?,35-/m0/s1. The lowest BCUT2D eigenvalue weighted by atomic mass is 9.88. The second-order valence-corrected chi connectivity index (χ2v) is 13.5. The SMILES string of the molecule is Cc1ccc(OCc2cc(C)c3c(c2C)CCN(C(=O)OC(C)(C)C)C3)c(-c2cccc(N3CC4C[C@]4(C(=O)O)C3)n2)c1. The number of rotatable bonds is 6. The summed E-state index contributed by atoms with van der Waals surface area (Å²) < 4.78 is 12.1. The second kappa shape index (κ2) is 10.6. The summed E-state index contributed by atoms with van der Waals surface area (Å²) in [7, 11) is 0. The topological polar surface area (TPSA) is 92.2 Å². The molecule has 0 radical (unpaired) electrons. The first kappa shape index (κ1) is 29.0. The van der Waals surface area contributed by atoms with Gasteiger partial charge in [-0.15, -0.1) is 0 Å². The van der Waals surface area contributed by atoms with Gasteiger partial charge in [0.1, 0.15) is 23.8 Å². The quantitative estimate of drug-likeness (QED) is 0.356. The van der Waals surface area contributed by atoms with Crippen LogP contribution in [0.3, 0.4) is 0 Å². The number of carbonyl (C=O) groups excluding carboxylic acids is 1. The Hall–Kier alpha value is -4.07. The average molecular weight is 584 g/mol. The van der Waals surface area contributed by atoms with Crippen molar-refractivity contribution in [3.8, 4) is 17.0 Å². The van der Waals surface area contributed by atoms with Crippen molar-refractivity contribution in [1.82, 2.24) is 9.88 Å². The van der Waals surface area contributed by atoms with Crippen molar-refractivity contribution in [3.63, 3.8) is 0 Å². The van der Waals surface area contributed by atoms with E-state index >= 15 is 0 Å². The van der Waals surface area contributed by atoms with Crippen LogP contribution in [0.15, 0.2) is 42.5 Å². The number of carboxylic acids is 1. The summed E-state index contributed by atoms with van der Waals surface area (Å²) in [6.45, 7) is 14.8. The van der Waals surface area contributed by atoms with Crippen LogP contribution in [0, 0.1) is 32.1 Å². The molecule has 226 valence electrons. The molecule has 43 heavy (non-hydrogen) atoms. The number of hydrogen-bond acceptors (Lipinski definition) is 6. The van der Waals surface area contributed by atoms with Crippen molar-refractivity contribution < 1.29 is 24.2 Å². The maximum absolute atomic E-state index is 12.7. The van der Waals surface area contributed by atoms with Gasteiger partial charge < -0.3 is 24.4 Å². The number of aryl methyl sites for hydroxylation is 2. The van der Waals surface area contributed by atoms with Gasteiger partial charge in [0.05, 0.1) is 11.1 Å². The molecule has 1 saturated carbocycles. The van der Waals surface area contributed by atoms with Crippen LogP contribution in [-0.4, -0.2) is 52.3 Å². The van der Waals surface area contributed by atoms with E-state index < -0.39 is 17.0 Å². The first-order valence-corrected chi connectivity index (χ1v) is 15.1. The van der Waals surface area contributed by atoms with Crippen molar-refractivity contribution in [2.75, 3.05) is 24.5 Å². The van der Waals surface area contributed by atoms with E-state index in [1.165, 1.54) is 16.7 Å². The lowest BCUT2D eigenvalue weighted by molar-refractivity contribution is -0.143. The molecule has 3 aromatic rings. The summed E-state index contributed by atoms with van der Waals surface area (Å²) in [6, 6.07) is 14.3. The average Bonchev–Trinajstić information content (AvgIpc) is 3.54. The Labute approximate surface area is 253 Å². The van der Waals surface area contributed by atoms with E-state index in [1.54, 1.807) is 4.90 Å². The Balaban J connectivity index is 1.21. The van der Waals surface area contributed by atoms with Gasteiger partial charge in [0, 0.05) is 31.7 Å². The molecular formula is C35H41N3O5. The van der Waals surface area contributed by atoms with Gasteiger partial charge in [0.2, 0.25) is 0 Å². The van der Waals surface area contributed by atoms with Crippen molar-refractivity contribution in [1.29, 1.82) is 0 Å². The van der Waals surface area contributed by atoms with Crippen LogP contribution in [0.5, 0.6) is 5.75 Å². The molecule has 2 atom stereocenters. The van der Waals surface area contributed by atoms with Crippen molar-refractivity contribution in [2.45, 2.75) is 73.1 Å². The van der Waals surface area contributed by atoms with Crippen molar-refractivity contribution in [3.05, 3.63) is 75.8 Å². The van der Waals surface area contributed by atoms with E-state index in [0.717, 1.165) is 58.9 Å². The first-order valence-electron chi connectivity index (χ1n) is 15.1. The Kier molecular flexibility index (Phi) is 7.14. The van der Waals surface area contributed by atoms with Crippen molar-refractivity contribution in [2.24, 2.45) is 11.3 Å². The van der Waals surface area contributed by atoms with Gasteiger partial charge in [-0.2, -0.15) is 0 Å². The Bertz CT molecular complexity index is 1610. The van der Waals surface area contributed by atoms with Crippen LogP contribution < -0.4 is 9.64 Å². The van der Waals surface area contributed by atoms with Gasteiger partial charge in [-0.05, 0) is 112 Å². The summed E-state index contributed by atoms with van der Waals surface area (Å²) >= 11 is 0. The van der Waals surface area contributed by atoms with E-state index in [4.69, 9.17) is 14.5 Å². The number of carbonyl (C=O) groups is 2. The highest BCUT2D eigenvalue weighted by atomic mass is 16.6. The van der Waals surface area contributed by atoms with Gasteiger partial charge >= 0.3 is 12.1 Å². The number of anilines is 1. The molecule has 2 fully saturated rings. The van der Waals surface area contributed by atoms with Gasteiger partial charge in [-0.3, -0.25) is 4.79 Å². The zero-order valence-corrected chi connectivity index (χ0v) is 26.0. The largest absolute Gasteiger partial charge is 0.488 e. The zero-order chi connectivity index (χ0) is 30.7. The fraction of sp³-hybridized carbons (Fsp3) is 0.457. The minimum absolute atomic E-state index is 0.206. The number of amides is 1. The third kappa shape index (κ3) is 5.55. The minimum atomic E-state index is -0.696. The molecule has 2 aliphatic heterocycles. The third-order valence-corrected chi connectivity index (χ3v) is 9.22. The first-order chi connectivity index (χ1) is 20.3. The van der Waals surface area contributed by atoms with Crippen molar-refractivity contribution >= 4 is 17.9 Å². The van der Waals surface area contributed by atoms with Gasteiger partial charge in [-0.1, -0.05) is 23.8 Å².